The molecule has 0 bridgehead atoms. The van der Waals surface area contributed by atoms with Gasteiger partial charge in [-0.15, -0.1) is 5.10 Å². The molecule has 1 amide bonds. The number of carbonyl (C=O) groups excluding carboxylic acids is 1. The van der Waals surface area contributed by atoms with Crippen LogP contribution >= 0.6 is 11.6 Å². The summed E-state index contributed by atoms with van der Waals surface area (Å²) in [7, 11) is 0. The minimum atomic E-state index is -0.346. The van der Waals surface area contributed by atoms with E-state index in [1.165, 1.54) is 11.0 Å². The molecule has 116 valence electrons. The highest BCUT2D eigenvalue weighted by Gasteiger charge is 2.15. The van der Waals surface area contributed by atoms with Crippen molar-refractivity contribution in [3.8, 4) is 5.69 Å². The van der Waals surface area contributed by atoms with E-state index >= 15 is 0 Å². The number of para-hydroxylation sites is 1. The number of nitrogens with zero attached hydrogens (tertiary/aromatic N) is 3. The molecule has 6 heteroatoms. The molecule has 2 aromatic carbocycles. The first kappa shape index (κ1) is 15.2. The summed E-state index contributed by atoms with van der Waals surface area (Å²) in [5.74, 6) is -0.346. The van der Waals surface area contributed by atoms with Crippen LogP contribution in [-0.2, 0) is 0 Å². The lowest BCUT2D eigenvalue weighted by Crippen LogP contribution is -2.14. The van der Waals surface area contributed by atoms with Crippen LogP contribution in [0.4, 0.5) is 5.69 Å². The van der Waals surface area contributed by atoms with Crippen molar-refractivity contribution in [2.45, 2.75) is 13.8 Å². The van der Waals surface area contributed by atoms with Crippen molar-refractivity contribution in [1.29, 1.82) is 0 Å². The van der Waals surface area contributed by atoms with Gasteiger partial charge >= 0.3 is 0 Å². The summed E-state index contributed by atoms with van der Waals surface area (Å²) < 4.78 is 0. The molecule has 5 nitrogen and oxygen atoms in total. The third-order valence-corrected chi connectivity index (χ3v) is 3.68. The van der Waals surface area contributed by atoms with Gasteiger partial charge < -0.3 is 5.32 Å². The van der Waals surface area contributed by atoms with Crippen molar-refractivity contribution in [2.24, 2.45) is 0 Å². The number of anilines is 1. The van der Waals surface area contributed by atoms with Gasteiger partial charge in [-0.3, -0.25) is 4.79 Å². The number of amides is 1. The predicted molar refractivity (Wildman–Crippen MR) is 90.2 cm³/mol. The second-order valence-corrected chi connectivity index (χ2v) is 5.65. The number of benzene rings is 2. The van der Waals surface area contributed by atoms with Crippen LogP contribution in [-0.4, -0.2) is 20.9 Å². The van der Waals surface area contributed by atoms with E-state index in [1.54, 1.807) is 0 Å². The number of hydrogen-bond donors (Lipinski definition) is 1. The average molecular weight is 327 g/mol. The molecule has 0 aliphatic heterocycles. The van der Waals surface area contributed by atoms with Gasteiger partial charge in [-0.05, 0) is 43.2 Å². The largest absolute Gasteiger partial charge is 0.319 e. The maximum atomic E-state index is 12.4. The first-order valence-electron chi connectivity index (χ1n) is 7.10. The fraction of sp³-hybridized carbons (Fsp3) is 0.118. The second kappa shape index (κ2) is 6.22. The number of hydrogen-bond acceptors (Lipinski definition) is 3. The zero-order valence-corrected chi connectivity index (χ0v) is 13.5. The molecule has 23 heavy (non-hydrogen) atoms. The second-order valence-electron chi connectivity index (χ2n) is 5.25. The predicted octanol–water partition coefficient (Wildman–Crippen LogP) is 3.79. The summed E-state index contributed by atoms with van der Waals surface area (Å²) >= 11 is 6.21. The lowest BCUT2D eigenvalue weighted by Gasteiger charge is -2.10. The smallest absolute Gasteiger partial charge is 0.277 e. The fourth-order valence-electron chi connectivity index (χ4n) is 2.30. The molecule has 0 saturated carbocycles. The molecule has 0 fully saturated rings. The summed E-state index contributed by atoms with van der Waals surface area (Å²) in [6, 6.07) is 13.2. The maximum absolute atomic E-state index is 12.4. The average Bonchev–Trinajstić information content (AvgIpc) is 3.01. The molecule has 3 aromatic rings. The summed E-state index contributed by atoms with van der Waals surface area (Å²) in [6.07, 6.45) is 1.43. The van der Waals surface area contributed by atoms with Crippen LogP contribution in [0.2, 0.25) is 5.02 Å². The SMILES string of the molecule is Cc1cc(C)c(NC(=O)c2cnn(-c3ccccc3)n2)c(Cl)c1. The van der Waals surface area contributed by atoms with Gasteiger partial charge in [0.25, 0.3) is 5.91 Å². The lowest BCUT2D eigenvalue weighted by atomic mass is 10.1. The third kappa shape index (κ3) is 3.24. The Balaban J connectivity index is 1.84. The van der Waals surface area contributed by atoms with Crippen LogP contribution in [0.3, 0.4) is 0 Å². The van der Waals surface area contributed by atoms with E-state index in [0.29, 0.717) is 10.7 Å². The Bertz CT molecular complexity index is 835. The standard InChI is InChI=1S/C17H15ClN4O/c1-11-8-12(2)16(14(18)9-11)20-17(23)15-10-19-22(21-15)13-6-4-3-5-7-13/h3-10H,1-2H3,(H,20,23). The Hall–Kier alpha value is -2.66. The molecule has 1 aromatic heterocycles. The topological polar surface area (TPSA) is 59.8 Å². The van der Waals surface area contributed by atoms with E-state index in [1.807, 2.05) is 56.3 Å². The molecular formula is C17H15ClN4O. The van der Waals surface area contributed by atoms with Gasteiger partial charge in [-0.25, -0.2) is 0 Å². The molecule has 0 radical (unpaired) electrons. The third-order valence-electron chi connectivity index (χ3n) is 3.38. The van der Waals surface area contributed by atoms with E-state index in [-0.39, 0.29) is 11.6 Å². The van der Waals surface area contributed by atoms with Gasteiger partial charge in [-0.2, -0.15) is 9.90 Å². The Labute approximate surface area is 138 Å². The molecule has 0 atom stereocenters. The van der Waals surface area contributed by atoms with Crippen LogP contribution in [0.25, 0.3) is 5.69 Å². The van der Waals surface area contributed by atoms with Crippen molar-refractivity contribution in [2.75, 3.05) is 5.32 Å². The number of aromatic nitrogens is 3. The van der Waals surface area contributed by atoms with E-state index in [2.05, 4.69) is 15.5 Å². The minimum absolute atomic E-state index is 0.227. The van der Waals surface area contributed by atoms with Crippen molar-refractivity contribution >= 4 is 23.2 Å². The quantitative estimate of drug-likeness (QED) is 0.796. The van der Waals surface area contributed by atoms with Crippen LogP contribution in [0.5, 0.6) is 0 Å². The monoisotopic (exact) mass is 326 g/mol. The van der Waals surface area contributed by atoms with Gasteiger partial charge in [0.1, 0.15) is 0 Å². The molecule has 3 rings (SSSR count). The van der Waals surface area contributed by atoms with E-state index < -0.39 is 0 Å². The van der Waals surface area contributed by atoms with Gasteiger partial charge in [0.2, 0.25) is 0 Å². The highest BCUT2D eigenvalue weighted by Crippen LogP contribution is 2.27. The number of rotatable bonds is 3. The fourth-order valence-corrected chi connectivity index (χ4v) is 2.67. The summed E-state index contributed by atoms with van der Waals surface area (Å²) in [5, 5.41) is 11.6. The molecule has 0 aliphatic carbocycles. The van der Waals surface area contributed by atoms with E-state index in [9.17, 15) is 4.79 Å². The van der Waals surface area contributed by atoms with Crippen molar-refractivity contribution in [3.63, 3.8) is 0 Å². The Morgan fingerprint density at radius 1 is 1.17 bits per heavy atom. The lowest BCUT2D eigenvalue weighted by molar-refractivity contribution is 0.102. The number of carbonyl (C=O) groups is 1. The molecule has 0 unspecified atom stereocenters. The highest BCUT2D eigenvalue weighted by molar-refractivity contribution is 6.34. The summed E-state index contributed by atoms with van der Waals surface area (Å²) in [5.41, 5.74) is 3.55. The van der Waals surface area contributed by atoms with Gasteiger partial charge in [0.05, 0.1) is 22.6 Å². The Kier molecular flexibility index (Phi) is 4.12. The molecule has 1 N–H and O–H groups in total. The zero-order chi connectivity index (χ0) is 16.4. The summed E-state index contributed by atoms with van der Waals surface area (Å²) in [6.45, 7) is 3.85. The van der Waals surface area contributed by atoms with Crippen LogP contribution in [0, 0.1) is 13.8 Å². The number of halogens is 1. The highest BCUT2D eigenvalue weighted by atomic mass is 35.5. The maximum Gasteiger partial charge on any atom is 0.277 e. The number of nitrogens with one attached hydrogen (secondary N) is 1. The summed E-state index contributed by atoms with van der Waals surface area (Å²) in [4.78, 5) is 13.8. The van der Waals surface area contributed by atoms with Crippen molar-refractivity contribution in [1.82, 2.24) is 15.0 Å². The van der Waals surface area contributed by atoms with Crippen LogP contribution in [0.15, 0.2) is 48.7 Å². The number of aryl methyl sites for hydroxylation is 2. The van der Waals surface area contributed by atoms with E-state index in [4.69, 9.17) is 11.6 Å². The Morgan fingerprint density at radius 2 is 1.91 bits per heavy atom. The molecular weight excluding hydrogens is 312 g/mol. The normalized spacial score (nSPS) is 10.6. The van der Waals surface area contributed by atoms with Gasteiger partial charge in [0, 0.05) is 0 Å². The van der Waals surface area contributed by atoms with Crippen molar-refractivity contribution in [3.05, 3.63) is 70.5 Å². The minimum Gasteiger partial charge on any atom is -0.319 e. The van der Waals surface area contributed by atoms with E-state index in [0.717, 1.165) is 16.8 Å². The molecule has 0 spiro atoms. The van der Waals surface area contributed by atoms with Crippen LogP contribution < -0.4 is 5.32 Å². The zero-order valence-electron chi connectivity index (χ0n) is 12.7. The molecule has 0 aliphatic rings. The van der Waals surface area contributed by atoms with Crippen LogP contribution in [0.1, 0.15) is 21.6 Å². The molecule has 1 heterocycles. The van der Waals surface area contributed by atoms with Gasteiger partial charge in [-0.1, -0.05) is 35.9 Å². The molecule has 0 saturated heterocycles. The first-order chi connectivity index (χ1) is 11.0. The van der Waals surface area contributed by atoms with Gasteiger partial charge in [0.15, 0.2) is 5.69 Å². The Morgan fingerprint density at radius 3 is 2.61 bits per heavy atom. The first-order valence-corrected chi connectivity index (χ1v) is 7.48. The van der Waals surface area contributed by atoms with Crippen molar-refractivity contribution < 1.29 is 4.79 Å².